The molecule has 1 rings (SSSR count). The summed E-state index contributed by atoms with van der Waals surface area (Å²) in [5.41, 5.74) is -1.04. The maximum Gasteiger partial charge on any atom is 0.433 e. The predicted molar refractivity (Wildman–Crippen MR) is 63.7 cm³/mol. The van der Waals surface area contributed by atoms with Crippen LogP contribution in [0.2, 0.25) is 5.15 Å². The number of aromatic nitrogens is 2. The minimum atomic E-state index is -4.52. The Bertz CT molecular complexity index is 395. The molecule has 0 fully saturated rings. The van der Waals surface area contributed by atoms with Crippen molar-refractivity contribution in [3.05, 3.63) is 16.9 Å². The number of anilines is 1. The summed E-state index contributed by atoms with van der Waals surface area (Å²) in [5, 5.41) is 2.49. The second kappa shape index (κ2) is 6.19. The van der Waals surface area contributed by atoms with Gasteiger partial charge in [-0.15, -0.1) is 0 Å². The molecule has 1 aromatic rings. The molecule has 1 heterocycles. The Kier molecular flexibility index (Phi) is 5.15. The van der Waals surface area contributed by atoms with E-state index in [1.807, 2.05) is 19.0 Å². The van der Waals surface area contributed by atoms with Crippen LogP contribution in [0.15, 0.2) is 6.07 Å². The molecule has 0 unspecified atom stereocenters. The van der Waals surface area contributed by atoms with E-state index in [1.165, 1.54) is 0 Å². The molecule has 0 bridgehead atoms. The number of alkyl halides is 3. The van der Waals surface area contributed by atoms with Crippen LogP contribution in [0.25, 0.3) is 0 Å². The summed E-state index contributed by atoms with van der Waals surface area (Å²) in [5.74, 6) is -0.103. The van der Waals surface area contributed by atoms with E-state index in [4.69, 9.17) is 11.6 Å². The van der Waals surface area contributed by atoms with Crippen molar-refractivity contribution >= 4 is 17.5 Å². The Balaban J connectivity index is 2.63. The van der Waals surface area contributed by atoms with Crippen molar-refractivity contribution in [1.82, 2.24) is 14.9 Å². The Labute approximate surface area is 108 Å². The van der Waals surface area contributed by atoms with Gasteiger partial charge in [-0.25, -0.2) is 9.97 Å². The summed E-state index contributed by atoms with van der Waals surface area (Å²) in [6, 6.07) is 0.701. The van der Waals surface area contributed by atoms with Gasteiger partial charge in [0.1, 0.15) is 5.15 Å². The highest BCUT2D eigenvalue weighted by Crippen LogP contribution is 2.29. The monoisotopic (exact) mass is 282 g/mol. The number of halogens is 4. The maximum atomic E-state index is 12.5. The number of nitrogens with one attached hydrogen (secondary N) is 1. The second-order valence-corrected chi connectivity index (χ2v) is 4.37. The number of rotatable bonds is 5. The minimum Gasteiger partial charge on any atom is -0.354 e. The van der Waals surface area contributed by atoms with Gasteiger partial charge in [0.05, 0.1) is 0 Å². The molecule has 0 atom stereocenters. The van der Waals surface area contributed by atoms with Crippen LogP contribution in [-0.4, -0.2) is 42.1 Å². The Hall–Kier alpha value is -1.08. The first-order valence-corrected chi connectivity index (χ1v) is 5.67. The standard InChI is InChI=1S/C10H14ClF3N4/c1-18(2)5-3-4-15-9-16-7(10(12,13)14)6-8(11)17-9/h6H,3-5H2,1-2H3,(H,15,16,17). The Morgan fingerprint density at radius 2 is 2.00 bits per heavy atom. The summed E-state index contributed by atoms with van der Waals surface area (Å²) < 4.78 is 37.4. The molecule has 0 spiro atoms. The average Bonchev–Trinajstić information content (AvgIpc) is 2.22. The largest absolute Gasteiger partial charge is 0.433 e. The molecule has 8 heteroatoms. The predicted octanol–water partition coefficient (Wildman–Crippen LogP) is 2.51. The van der Waals surface area contributed by atoms with Crippen molar-refractivity contribution in [3.63, 3.8) is 0 Å². The third-order valence-corrected chi connectivity index (χ3v) is 2.24. The molecular formula is C10H14ClF3N4. The van der Waals surface area contributed by atoms with Crippen LogP contribution in [0.3, 0.4) is 0 Å². The summed E-state index contributed by atoms with van der Waals surface area (Å²) in [6.07, 6.45) is -3.75. The molecule has 0 aliphatic carbocycles. The van der Waals surface area contributed by atoms with Crippen LogP contribution < -0.4 is 5.32 Å². The number of nitrogens with zero attached hydrogens (tertiary/aromatic N) is 3. The fourth-order valence-electron chi connectivity index (χ4n) is 1.24. The number of hydrogen-bond donors (Lipinski definition) is 1. The summed E-state index contributed by atoms with van der Waals surface area (Å²) in [4.78, 5) is 9.04. The highest BCUT2D eigenvalue weighted by molar-refractivity contribution is 6.29. The average molecular weight is 283 g/mol. The molecule has 102 valence electrons. The van der Waals surface area contributed by atoms with Gasteiger partial charge in [0.25, 0.3) is 0 Å². The minimum absolute atomic E-state index is 0.103. The fraction of sp³-hybridized carbons (Fsp3) is 0.600. The molecule has 1 N–H and O–H groups in total. The molecule has 0 saturated carbocycles. The normalized spacial score (nSPS) is 11.9. The van der Waals surface area contributed by atoms with E-state index in [0.29, 0.717) is 12.6 Å². The maximum absolute atomic E-state index is 12.5. The second-order valence-electron chi connectivity index (χ2n) is 3.98. The zero-order chi connectivity index (χ0) is 13.8. The summed E-state index contributed by atoms with van der Waals surface area (Å²) in [7, 11) is 3.83. The van der Waals surface area contributed by atoms with Crippen molar-refractivity contribution in [2.24, 2.45) is 0 Å². The molecule has 0 aliphatic heterocycles. The van der Waals surface area contributed by atoms with Gasteiger partial charge in [0, 0.05) is 12.6 Å². The molecule has 4 nitrogen and oxygen atoms in total. The number of hydrogen-bond acceptors (Lipinski definition) is 4. The molecule has 0 aliphatic rings. The quantitative estimate of drug-likeness (QED) is 0.665. The molecule has 0 aromatic carbocycles. The zero-order valence-electron chi connectivity index (χ0n) is 10.1. The van der Waals surface area contributed by atoms with E-state index in [2.05, 4.69) is 15.3 Å². The van der Waals surface area contributed by atoms with Gasteiger partial charge < -0.3 is 10.2 Å². The van der Waals surface area contributed by atoms with Crippen LogP contribution in [0, 0.1) is 0 Å². The van der Waals surface area contributed by atoms with Crippen molar-refractivity contribution in [2.75, 3.05) is 32.5 Å². The van der Waals surface area contributed by atoms with Crippen LogP contribution in [0.1, 0.15) is 12.1 Å². The van der Waals surface area contributed by atoms with E-state index in [-0.39, 0.29) is 11.1 Å². The van der Waals surface area contributed by atoms with Gasteiger partial charge in [-0.3, -0.25) is 0 Å². The van der Waals surface area contributed by atoms with Crippen LogP contribution in [0.4, 0.5) is 19.1 Å². The van der Waals surface area contributed by atoms with Gasteiger partial charge in [-0.2, -0.15) is 13.2 Å². The first-order chi connectivity index (χ1) is 8.29. The lowest BCUT2D eigenvalue weighted by molar-refractivity contribution is -0.141. The smallest absolute Gasteiger partial charge is 0.354 e. The van der Waals surface area contributed by atoms with Crippen LogP contribution >= 0.6 is 11.6 Å². The van der Waals surface area contributed by atoms with Gasteiger partial charge in [0.2, 0.25) is 5.95 Å². The van der Waals surface area contributed by atoms with Crippen molar-refractivity contribution in [2.45, 2.75) is 12.6 Å². The van der Waals surface area contributed by atoms with Gasteiger partial charge in [-0.05, 0) is 27.1 Å². The lowest BCUT2D eigenvalue weighted by atomic mass is 10.4. The molecule has 0 saturated heterocycles. The highest BCUT2D eigenvalue weighted by Gasteiger charge is 2.33. The zero-order valence-corrected chi connectivity index (χ0v) is 10.8. The van der Waals surface area contributed by atoms with Crippen LogP contribution in [0.5, 0.6) is 0 Å². The van der Waals surface area contributed by atoms with E-state index in [9.17, 15) is 13.2 Å². The Morgan fingerprint density at radius 1 is 1.33 bits per heavy atom. The first-order valence-electron chi connectivity index (χ1n) is 5.29. The van der Waals surface area contributed by atoms with Crippen molar-refractivity contribution < 1.29 is 13.2 Å². The van der Waals surface area contributed by atoms with Crippen LogP contribution in [-0.2, 0) is 6.18 Å². The molecule has 1 aromatic heterocycles. The van der Waals surface area contributed by atoms with E-state index >= 15 is 0 Å². The van der Waals surface area contributed by atoms with E-state index in [1.54, 1.807) is 0 Å². The molecule has 0 radical (unpaired) electrons. The third-order valence-electron chi connectivity index (χ3n) is 2.05. The summed E-state index contributed by atoms with van der Waals surface area (Å²) in [6.45, 7) is 1.30. The van der Waals surface area contributed by atoms with Crippen molar-refractivity contribution in [3.8, 4) is 0 Å². The highest BCUT2D eigenvalue weighted by atomic mass is 35.5. The Morgan fingerprint density at radius 3 is 2.56 bits per heavy atom. The van der Waals surface area contributed by atoms with Gasteiger partial charge in [0.15, 0.2) is 5.69 Å². The lowest BCUT2D eigenvalue weighted by Crippen LogP contribution is -2.18. The van der Waals surface area contributed by atoms with Gasteiger partial charge >= 0.3 is 6.18 Å². The molecular weight excluding hydrogens is 269 g/mol. The molecule has 18 heavy (non-hydrogen) atoms. The summed E-state index contributed by atoms with van der Waals surface area (Å²) >= 11 is 5.52. The van der Waals surface area contributed by atoms with E-state index in [0.717, 1.165) is 13.0 Å². The first kappa shape index (κ1) is 15.0. The topological polar surface area (TPSA) is 41.0 Å². The van der Waals surface area contributed by atoms with E-state index < -0.39 is 11.9 Å². The third kappa shape index (κ3) is 5.05. The van der Waals surface area contributed by atoms with Gasteiger partial charge in [-0.1, -0.05) is 11.6 Å². The van der Waals surface area contributed by atoms with Crippen molar-refractivity contribution in [1.29, 1.82) is 0 Å². The SMILES string of the molecule is CN(C)CCCNc1nc(Cl)cc(C(F)(F)F)n1. The lowest BCUT2D eigenvalue weighted by Gasteiger charge is -2.11. The molecule has 0 amide bonds. The fourth-order valence-corrected chi connectivity index (χ4v) is 1.42.